The van der Waals surface area contributed by atoms with Crippen LogP contribution in [0, 0.1) is 0 Å². The van der Waals surface area contributed by atoms with Crippen molar-refractivity contribution in [3.05, 3.63) is 12.2 Å². The van der Waals surface area contributed by atoms with Crippen molar-refractivity contribution in [3.63, 3.8) is 0 Å². The van der Waals surface area contributed by atoms with Crippen molar-refractivity contribution in [2.75, 3.05) is 19.8 Å². The van der Waals surface area contributed by atoms with Gasteiger partial charge in [-0.3, -0.25) is 0 Å². The zero-order chi connectivity index (χ0) is 18.4. The molecular weight excluding hydrogens is 312 g/mol. The molecule has 0 aromatic rings. The molecule has 0 aromatic carbocycles. The van der Waals surface area contributed by atoms with Crippen LogP contribution in [0.2, 0.25) is 0 Å². The summed E-state index contributed by atoms with van der Waals surface area (Å²) in [5.74, 6) is 0. The van der Waals surface area contributed by atoms with Gasteiger partial charge in [-0.25, -0.2) is 0 Å². The summed E-state index contributed by atoms with van der Waals surface area (Å²) in [4.78, 5) is 0. The van der Waals surface area contributed by atoms with Gasteiger partial charge >= 0.3 is 0 Å². The van der Waals surface area contributed by atoms with Crippen LogP contribution in [-0.2, 0) is 9.47 Å². The summed E-state index contributed by atoms with van der Waals surface area (Å²) < 4.78 is 11.5. The molecule has 150 valence electrons. The number of aliphatic hydroxyl groups is 1. The molecule has 0 aliphatic rings. The predicted octanol–water partition coefficient (Wildman–Crippen LogP) is 6.40. The van der Waals surface area contributed by atoms with Crippen molar-refractivity contribution < 1.29 is 14.6 Å². The summed E-state index contributed by atoms with van der Waals surface area (Å²) in [6.45, 7) is 6.18. The van der Waals surface area contributed by atoms with Gasteiger partial charge in [-0.05, 0) is 44.9 Å². The number of ether oxygens (including phenoxy) is 2. The van der Waals surface area contributed by atoms with E-state index in [0.717, 1.165) is 38.9 Å². The van der Waals surface area contributed by atoms with Crippen LogP contribution in [0.4, 0.5) is 0 Å². The average Bonchev–Trinajstić information content (AvgIpc) is 2.63. The second-order valence-corrected chi connectivity index (χ2v) is 6.91. The number of aliphatic hydroxyl groups excluding tert-OH is 1. The fourth-order valence-electron chi connectivity index (χ4n) is 2.83. The Balaban J connectivity index is 3.33. The van der Waals surface area contributed by atoms with Gasteiger partial charge in [0.15, 0.2) is 6.29 Å². The van der Waals surface area contributed by atoms with Gasteiger partial charge in [0.2, 0.25) is 0 Å². The lowest BCUT2D eigenvalue weighted by molar-refractivity contribution is -0.146. The maximum atomic E-state index is 8.68. The number of allylic oxidation sites excluding steroid dienone is 1. The Morgan fingerprint density at radius 1 is 0.680 bits per heavy atom. The second-order valence-electron chi connectivity index (χ2n) is 6.91. The molecule has 0 saturated heterocycles. The average molecular weight is 357 g/mol. The Kier molecular flexibility index (Phi) is 21.3. The van der Waals surface area contributed by atoms with Gasteiger partial charge in [-0.1, -0.05) is 70.9 Å². The quantitative estimate of drug-likeness (QED) is 0.156. The van der Waals surface area contributed by atoms with Crippen LogP contribution in [0.25, 0.3) is 0 Å². The molecule has 0 aliphatic carbocycles. The molecule has 0 spiro atoms. The SMILES string of the molecule is CCCOC(CCCCCCCCCCC/C=C\CCO)OCCC. The lowest BCUT2D eigenvalue weighted by Gasteiger charge is -2.18. The molecule has 0 heterocycles. The minimum atomic E-state index is 0.0197. The van der Waals surface area contributed by atoms with E-state index in [2.05, 4.69) is 26.0 Å². The summed E-state index contributed by atoms with van der Waals surface area (Å²) in [7, 11) is 0. The monoisotopic (exact) mass is 356 g/mol. The lowest BCUT2D eigenvalue weighted by Crippen LogP contribution is -2.18. The molecule has 0 aromatic heterocycles. The fraction of sp³-hybridized carbons (Fsp3) is 0.909. The van der Waals surface area contributed by atoms with Crippen LogP contribution in [0.5, 0.6) is 0 Å². The van der Waals surface area contributed by atoms with E-state index in [-0.39, 0.29) is 12.9 Å². The smallest absolute Gasteiger partial charge is 0.157 e. The summed E-state index contributed by atoms with van der Waals surface area (Å²) in [6.07, 6.45) is 21.4. The Morgan fingerprint density at radius 2 is 1.16 bits per heavy atom. The van der Waals surface area contributed by atoms with Crippen LogP contribution in [0.3, 0.4) is 0 Å². The molecule has 0 radical (unpaired) electrons. The number of hydrogen-bond donors (Lipinski definition) is 1. The Bertz CT molecular complexity index is 258. The third-order valence-electron chi connectivity index (χ3n) is 4.29. The molecule has 0 atom stereocenters. The molecule has 0 rings (SSSR count). The van der Waals surface area contributed by atoms with Gasteiger partial charge < -0.3 is 14.6 Å². The van der Waals surface area contributed by atoms with E-state index in [1.54, 1.807) is 0 Å². The molecule has 0 saturated carbocycles. The molecule has 0 fully saturated rings. The topological polar surface area (TPSA) is 38.7 Å². The molecule has 3 heteroatoms. The molecule has 0 amide bonds. The molecule has 0 aliphatic heterocycles. The zero-order valence-corrected chi connectivity index (χ0v) is 17.0. The van der Waals surface area contributed by atoms with Crippen molar-refractivity contribution in [2.24, 2.45) is 0 Å². The van der Waals surface area contributed by atoms with Gasteiger partial charge in [-0.15, -0.1) is 0 Å². The number of unbranched alkanes of at least 4 members (excludes halogenated alkanes) is 9. The third-order valence-corrected chi connectivity index (χ3v) is 4.29. The van der Waals surface area contributed by atoms with Gasteiger partial charge in [0.05, 0.1) is 0 Å². The standard InChI is InChI=1S/C22H44O3/c1-3-20-24-22(25-21-4-2)18-16-14-12-10-8-6-5-7-9-11-13-15-17-19-23/h13,15,22-23H,3-12,14,16-21H2,1-2H3/b15-13-. The summed E-state index contributed by atoms with van der Waals surface area (Å²) in [5.41, 5.74) is 0. The van der Waals surface area contributed by atoms with Crippen LogP contribution >= 0.6 is 0 Å². The zero-order valence-electron chi connectivity index (χ0n) is 17.0. The Labute approximate surface area is 157 Å². The normalized spacial score (nSPS) is 11.8. The van der Waals surface area contributed by atoms with Gasteiger partial charge in [0.25, 0.3) is 0 Å². The first kappa shape index (κ1) is 24.6. The molecular formula is C22H44O3. The minimum Gasteiger partial charge on any atom is -0.396 e. The van der Waals surface area contributed by atoms with Gasteiger partial charge in [-0.2, -0.15) is 0 Å². The van der Waals surface area contributed by atoms with Crippen molar-refractivity contribution in [1.82, 2.24) is 0 Å². The maximum absolute atomic E-state index is 8.68. The highest BCUT2D eigenvalue weighted by Gasteiger charge is 2.08. The molecule has 0 unspecified atom stereocenters. The van der Waals surface area contributed by atoms with Crippen LogP contribution in [-0.4, -0.2) is 31.2 Å². The van der Waals surface area contributed by atoms with Crippen LogP contribution in [0.1, 0.15) is 104 Å². The van der Waals surface area contributed by atoms with Gasteiger partial charge in [0, 0.05) is 19.8 Å². The van der Waals surface area contributed by atoms with Crippen molar-refractivity contribution in [3.8, 4) is 0 Å². The van der Waals surface area contributed by atoms with E-state index < -0.39 is 0 Å². The second kappa shape index (κ2) is 21.7. The number of hydrogen-bond acceptors (Lipinski definition) is 3. The Hall–Kier alpha value is -0.380. The minimum absolute atomic E-state index is 0.0197. The molecule has 25 heavy (non-hydrogen) atoms. The Morgan fingerprint density at radius 3 is 1.68 bits per heavy atom. The third kappa shape index (κ3) is 19.8. The summed E-state index contributed by atoms with van der Waals surface area (Å²) >= 11 is 0. The van der Waals surface area contributed by atoms with E-state index in [1.807, 2.05) is 0 Å². The molecule has 0 bridgehead atoms. The highest BCUT2D eigenvalue weighted by atomic mass is 16.7. The summed E-state index contributed by atoms with van der Waals surface area (Å²) in [6, 6.07) is 0. The van der Waals surface area contributed by atoms with Crippen LogP contribution in [0.15, 0.2) is 12.2 Å². The van der Waals surface area contributed by atoms with Crippen molar-refractivity contribution in [2.45, 2.75) is 110 Å². The van der Waals surface area contributed by atoms with E-state index in [4.69, 9.17) is 14.6 Å². The summed E-state index contributed by atoms with van der Waals surface area (Å²) in [5, 5.41) is 8.68. The van der Waals surface area contributed by atoms with E-state index in [1.165, 1.54) is 64.2 Å². The first-order chi connectivity index (χ1) is 12.3. The highest BCUT2D eigenvalue weighted by Crippen LogP contribution is 2.14. The first-order valence-electron chi connectivity index (χ1n) is 10.8. The molecule has 3 nitrogen and oxygen atoms in total. The van der Waals surface area contributed by atoms with Crippen molar-refractivity contribution >= 4 is 0 Å². The lowest BCUT2D eigenvalue weighted by atomic mass is 10.1. The predicted molar refractivity (Wildman–Crippen MR) is 108 cm³/mol. The molecule has 1 N–H and O–H groups in total. The van der Waals surface area contributed by atoms with E-state index >= 15 is 0 Å². The fourth-order valence-corrected chi connectivity index (χ4v) is 2.83. The van der Waals surface area contributed by atoms with Gasteiger partial charge in [0.1, 0.15) is 0 Å². The largest absolute Gasteiger partial charge is 0.396 e. The van der Waals surface area contributed by atoms with E-state index in [9.17, 15) is 0 Å². The van der Waals surface area contributed by atoms with Crippen molar-refractivity contribution in [1.29, 1.82) is 0 Å². The number of rotatable bonds is 20. The first-order valence-corrected chi connectivity index (χ1v) is 10.8. The maximum Gasteiger partial charge on any atom is 0.157 e. The highest BCUT2D eigenvalue weighted by molar-refractivity contribution is 4.80. The van der Waals surface area contributed by atoms with Crippen LogP contribution < -0.4 is 0 Å². The van der Waals surface area contributed by atoms with E-state index in [0.29, 0.717) is 0 Å².